The number of rotatable bonds is 8. The van der Waals surface area contributed by atoms with E-state index in [1.165, 1.54) is 4.90 Å². The lowest BCUT2D eigenvalue weighted by Crippen LogP contribution is -3.05. The van der Waals surface area contributed by atoms with Gasteiger partial charge in [0.25, 0.3) is 0 Å². The summed E-state index contributed by atoms with van der Waals surface area (Å²) in [6.45, 7) is 3.61. The Kier molecular flexibility index (Phi) is 6.07. The lowest BCUT2D eigenvalue weighted by molar-refractivity contribution is -0.858. The highest BCUT2D eigenvalue weighted by Gasteiger charge is 2.23. The van der Waals surface area contributed by atoms with Gasteiger partial charge >= 0.3 is 5.69 Å². The number of hydrogen-bond acceptors (Lipinski definition) is 7. The van der Waals surface area contributed by atoms with Gasteiger partial charge in [0.05, 0.1) is 25.6 Å². The van der Waals surface area contributed by atoms with Crippen molar-refractivity contribution in [3.05, 3.63) is 39.9 Å². The second-order valence-electron chi connectivity index (χ2n) is 6.12. The second kappa shape index (κ2) is 8.25. The Morgan fingerprint density at radius 3 is 2.52 bits per heavy atom. The number of nitro groups is 1. The molecule has 1 aromatic carbocycles. The number of quaternary nitrogens is 1. The van der Waals surface area contributed by atoms with Gasteiger partial charge in [0.15, 0.2) is 0 Å². The molecule has 0 aliphatic rings. The van der Waals surface area contributed by atoms with Gasteiger partial charge in [0.2, 0.25) is 17.6 Å². The highest BCUT2D eigenvalue weighted by molar-refractivity contribution is 5.74. The summed E-state index contributed by atoms with van der Waals surface area (Å²) in [5, 5.41) is 17.3. The molecule has 0 atom stereocenters. The van der Waals surface area contributed by atoms with Crippen molar-refractivity contribution in [3.63, 3.8) is 0 Å². The summed E-state index contributed by atoms with van der Waals surface area (Å²) < 4.78 is 0. The van der Waals surface area contributed by atoms with Crippen LogP contribution in [0, 0.1) is 17.0 Å². The van der Waals surface area contributed by atoms with E-state index in [9.17, 15) is 10.1 Å². The fraction of sp³-hybridized carbons (Fsp3) is 0.375. The van der Waals surface area contributed by atoms with E-state index in [4.69, 9.17) is 5.73 Å². The summed E-state index contributed by atoms with van der Waals surface area (Å²) in [5.74, 6) is 0.170. The topological polar surface area (TPSA) is 123 Å². The van der Waals surface area contributed by atoms with Crippen LogP contribution in [0.4, 0.5) is 29.0 Å². The first-order chi connectivity index (χ1) is 11.9. The van der Waals surface area contributed by atoms with E-state index in [2.05, 4.69) is 34.7 Å². The molecule has 2 rings (SSSR count). The molecule has 5 N–H and O–H groups in total. The third kappa shape index (κ3) is 5.28. The first kappa shape index (κ1) is 18.4. The predicted octanol–water partition coefficient (Wildman–Crippen LogP) is 0.966. The molecule has 0 fully saturated rings. The molecule has 0 unspecified atom stereocenters. The molecule has 0 amide bonds. The minimum Gasteiger partial charge on any atom is -0.378 e. The van der Waals surface area contributed by atoms with Gasteiger partial charge in [0, 0.05) is 18.7 Å². The number of anilines is 4. The van der Waals surface area contributed by atoms with Crippen LogP contribution in [-0.2, 0) is 0 Å². The number of aromatic nitrogens is 2. The smallest absolute Gasteiger partial charge is 0.353 e. The average Bonchev–Trinajstić information content (AvgIpc) is 2.53. The van der Waals surface area contributed by atoms with Gasteiger partial charge in [-0.1, -0.05) is 17.7 Å². The molecule has 9 nitrogen and oxygen atoms in total. The average molecular weight is 346 g/mol. The minimum absolute atomic E-state index is 0.0714. The van der Waals surface area contributed by atoms with E-state index in [1.807, 2.05) is 31.2 Å². The first-order valence-corrected chi connectivity index (χ1v) is 8.05. The fourth-order valence-electron chi connectivity index (χ4n) is 2.23. The Morgan fingerprint density at radius 1 is 1.24 bits per heavy atom. The van der Waals surface area contributed by atoms with Crippen molar-refractivity contribution in [2.45, 2.75) is 13.3 Å². The lowest BCUT2D eigenvalue weighted by Gasteiger charge is -2.11. The van der Waals surface area contributed by atoms with Gasteiger partial charge in [-0.15, -0.1) is 0 Å². The maximum Gasteiger partial charge on any atom is 0.353 e. The molecular weight excluding hydrogens is 322 g/mol. The summed E-state index contributed by atoms with van der Waals surface area (Å²) >= 11 is 0. The Labute approximate surface area is 146 Å². The second-order valence-corrected chi connectivity index (χ2v) is 6.12. The molecule has 2 aromatic rings. The van der Waals surface area contributed by atoms with Crippen molar-refractivity contribution in [1.82, 2.24) is 9.97 Å². The van der Waals surface area contributed by atoms with Crippen molar-refractivity contribution in [1.29, 1.82) is 0 Å². The van der Waals surface area contributed by atoms with Crippen molar-refractivity contribution in [3.8, 4) is 0 Å². The highest BCUT2D eigenvalue weighted by Crippen LogP contribution is 2.31. The third-order valence-corrected chi connectivity index (χ3v) is 3.54. The summed E-state index contributed by atoms with van der Waals surface area (Å²) in [4.78, 5) is 20.3. The van der Waals surface area contributed by atoms with Crippen molar-refractivity contribution in [2.75, 3.05) is 43.6 Å². The minimum atomic E-state index is -0.578. The Hall–Kier alpha value is -2.94. The SMILES string of the molecule is Cc1ccc(Nc2nc(NCCC[NH+](C)C)nc(N)c2[N+](=O)[O-])cc1. The van der Waals surface area contributed by atoms with Gasteiger partial charge in [-0.3, -0.25) is 10.1 Å². The zero-order valence-electron chi connectivity index (χ0n) is 14.7. The largest absolute Gasteiger partial charge is 0.378 e. The summed E-state index contributed by atoms with van der Waals surface area (Å²) in [6, 6.07) is 7.46. The number of hydrogen-bond donors (Lipinski definition) is 4. The van der Waals surface area contributed by atoms with Crippen LogP contribution < -0.4 is 21.3 Å². The maximum atomic E-state index is 11.3. The number of nitrogens with two attached hydrogens (primary N) is 1. The van der Waals surface area contributed by atoms with E-state index in [1.54, 1.807) is 0 Å². The molecule has 0 bridgehead atoms. The van der Waals surface area contributed by atoms with Crippen molar-refractivity contribution in [2.24, 2.45) is 0 Å². The van der Waals surface area contributed by atoms with E-state index >= 15 is 0 Å². The predicted molar refractivity (Wildman–Crippen MR) is 98.3 cm³/mol. The van der Waals surface area contributed by atoms with Crippen molar-refractivity contribution >= 4 is 29.0 Å². The van der Waals surface area contributed by atoms with E-state index in [-0.39, 0.29) is 23.3 Å². The third-order valence-electron chi connectivity index (χ3n) is 3.54. The number of benzene rings is 1. The summed E-state index contributed by atoms with van der Waals surface area (Å²) in [6.07, 6.45) is 0.920. The normalized spacial score (nSPS) is 10.7. The van der Waals surface area contributed by atoms with Gasteiger partial charge in [-0.05, 0) is 19.1 Å². The van der Waals surface area contributed by atoms with Gasteiger partial charge in [-0.25, -0.2) is 0 Å². The molecule has 0 aliphatic heterocycles. The van der Waals surface area contributed by atoms with Gasteiger partial charge < -0.3 is 21.3 Å². The van der Waals surface area contributed by atoms with E-state index in [0.29, 0.717) is 12.2 Å². The Balaban J connectivity index is 2.22. The maximum absolute atomic E-state index is 11.3. The van der Waals surface area contributed by atoms with E-state index < -0.39 is 4.92 Å². The number of nitrogens with zero attached hydrogens (tertiary/aromatic N) is 3. The van der Waals surface area contributed by atoms with Crippen LogP contribution in [0.3, 0.4) is 0 Å². The highest BCUT2D eigenvalue weighted by atomic mass is 16.6. The molecule has 0 aliphatic carbocycles. The van der Waals surface area contributed by atoms with Crippen LogP contribution in [0.5, 0.6) is 0 Å². The van der Waals surface area contributed by atoms with Crippen LogP contribution in [0.15, 0.2) is 24.3 Å². The molecule has 25 heavy (non-hydrogen) atoms. The lowest BCUT2D eigenvalue weighted by atomic mass is 10.2. The zero-order valence-corrected chi connectivity index (χ0v) is 14.7. The first-order valence-electron chi connectivity index (χ1n) is 8.05. The molecule has 1 heterocycles. The molecule has 0 saturated heterocycles. The molecule has 0 spiro atoms. The molecule has 0 radical (unpaired) electrons. The fourth-order valence-corrected chi connectivity index (χ4v) is 2.23. The molecule has 134 valence electrons. The van der Waals surface area contributed by atoms with Crippen molar-refractivity contribution < 1.29 is 9.82 Å². The molecule has 9 heteroatoms. The van der Waals surface area contributed by atoms with E-state index in [0.717, 1.165) is 18.5 Å². The Morgan fingerprint density at radius 2 is 1.92 bits per heavy atom. The number of aryl methyl sites for hydroxylation is 1. The molecule has 1 aromatic heterocycles. The van der Waals surface area contributed by atoms with Gasteiger partial charge in [0.1, 0.15) is 0 Å². The Bertz CT molecular complexity index is 732. The van der Waals surface area contributed by atoms with Crippen LogP contribution >= 0.6 is 0 Å². The van der Waals surface area contributed by atoms with Gasteiger partial charge in [-0.2, -0.15) is 9.97 Å². The summed E-state index contributed by atoms with van der Waals surface area (Å²) in [7, 11) is 4.15. The number of nitrogen functional groups attached to an aromatic ring is 1. The zero-order chi connectivity index (χ0) is 18.4. The number of nitrogens with one attached hydrogen (secondary N) is 3. The quantitative estimate of drug-likeness (QED) is 0.319. The molecule has 0 saturated carbocycles. The summed E-state index contributed by atoms with van der Waals surface area (Å²) in [5.41, 5.74) is 7.23. The molecular formula is C16H24N7O2+. The standard InChI is InChI=1S/C16H23N7O2/c1-11-5-7-12(8-6-11)19-15-13(23(24)25)14(17)20-16(21-15)18-9-4-10-22(2)3/h5-8H,4,9-10H2,1-3H3,(H4,17,18,19,20,21)/p+1. The van der Waals surface area contributed by atoms with Crippen LogP contribution in [0.1, 0.15) is 12.0 Å². The van der Waals surface area contributed by atoms with Crippen LogP contribution in [-0.4, -0.2) is 42.1 Å². The monoisotopic (exact) mass is 346 g/mol. The van der Waals surface area contributed by atoms with Crippen LogP contribution in [0.2, 0.25) is 0 Å². The van der Waals surface area contributed by atoms with Crippen LogP contribution in [0.25, 0.3) is 0 Å².